The van der Waals surface area contributed by atoms with E-state index in [4.69, 9.17) is 0 Å². The van der Waals surface area contributed by atoms with Crippen molar-refractivity contribution in [1.82, 2.24) is 26.2 Å². The van der Waals surface area contributed by atoms with E-state index in [9.17, 15) is 19.8 Å². The molecule has 1 fully saturated rings. The van der Waals surface area contributed by atoms with Gasteiger partial charge in [-0.25, -0.2) is 4.79 Å². The molecule has 1 aromatic rings. The van der Waals surface area contributed by atoms with Crippen LogP contribution in [0.5, 0.6) is 0 Å². The van der Waals surface area contributed by atoms with Crippen molar-refractivity contribution in [3.05, 3.63) is 35.4 Å². The van der Waals surface area contributed by atoms with Gasteiger partial charge in [-0.2, -0.15) is 0 Å². The first-order valence-electron chi connectivity index (χ1n) is 9.71. The Morgan fingerprint density at radius 3 is 2.07 bits per heavy atom. The summed E-state index contributed by atoms with van der Waals surface area (Å²) in [7, 11) is 0. The fraction of sp³-hybridized carbons (Fsp3) is 0.579. The minimum atomic E-state index is -1.15. The SMILES string of the molecule is O=C(O)c1ccccc1C(=O)NCC(O)CN1CCNCCNCCNCC1. The summed E-state index contributed by atoms with van der Waals surface area (Å²) in [5.41, 5.74) is 0.0414. The standard InChI is InChI=1S/C19H31N5O4/c25-15(13-23-18(26)16-3-1-2-4-17(16)19(27)28)14-24-11-9-21-7-5-20-6-8-22-10-12-24/h1-4,15,20-22,25H,5-14H2,(H,23,26)(H,27,28). The molecule has 0 spiro atoms. The number of nitrogens with one attached hydrogen (secondary N) is 4. The maximum atomic E-state index is 12.3. The number of benzene rings is 1. The first kappa shape index (κ1) is 22.3. The fourth-order valence-electron chi connectivity index (χ4n) is 3.03. The number of carbonyl (C=O) groups is 2. The van der Waals surface area contributed by atoms with Crippen molar-refractivity contribution < 1.29 is 19.8 Å². The number of β-amino-alcohol motifs (C(OH)–C–C–N with tert-alkyl or cyclic N) is 1. The summed E-state index contributed by atoms with van der Waals surface area (Å²) in [6.45, 7) is 7.40. The fourth-order valence-corrected chi connectivity index (χ4v) is 3.03. The smallest absolute Gasteiger partial charge is 0.336 e. The first-order chi connectivity index (χ1) is 13.6. The number of carboxylic acid groups (broad SMARTS) is 1. The van der Waals surface area contributed by atoms with E-state index in [0.29, 0.717) is 6.54 Å². The van der Waals surface area contributed by atoms with E-state index in [0.717, 1.165) is 52.4 Å². The van der Waals surface area contributed by atoms with Crippen molar-refractivity contribution in [2.75, 3.05) is 65.4 Å². The highest BCUT2D eigenvalue weighted by atomic mass is 16.4. The predicted molar refractivity (Wildman–Crippen MR) is 107 cm³/mol. The molecular weight excluding hydrogens is 362 g/mol. The van der Waals surface area contributed by atoms with Crippen LogP contribution in [0.2, 0.25) is 0 Å². The Bertz CT molecular complexity index is 616. The Kier molecular flexibility index (Phi) is 9.87. The summed E-state index contributed by atoms with van der Waals surface area (Å²) < 4.78 is 0. The van der Waals surface area contributed by atoms with E-state index in [1.807, 2.05) is 0 Å². The van der Waals surface area contributed by atoms with Gasteiger partial charge in [0, 0.05) is 65.4 Å². The third-order valence-corrected chi connectivity index (χ3v) is 4.54. The van der Waals surface area contributed by atoms with Crippen molar-refractivity contribution in [1.29, 1.82) is 0 Å². The predicted octanol–water partition coefficient (Wildman–Crippen LogP) is -1.44. The zero-order chi connectivity index (χ0) is 20.2. The Hall–Kier alpha value is -2.04. The topological polar surface area (TPSA) is 126 Å². The van der Waals surface area contributed by atoms with E-state index in [-0.39, 0.29) is 17.7 Å². The summed E-state index contributed by atoms with van der Waals surface area (Å²) in [5.74, 6) is -1.65. The molecule has 1 aromatic carbocycles. The lowest BCUT2D eigenvalue weighted by Gasteiger charge is -2.26. The number of carbonyl (C=O) groups excluding carboxylic acids is 1. The summed E-state index contributed by atoms with van der Waals surface area (Å²) in [4.78, 5) is 25.7. The molecule has 0 aliphatic carbocycles. The van der Waals surface area contributed by atoms with Gasteiger partial charge in [-0.3, -0.25) is 9.69 Å². The van der Waals surface area contributed by atoms with Crippen LogP contribution >= 0.6 is 0 Å². The van der Waals surface area contributed by atoms with Gasteiger partial charge in [-0.05, 0) is 12.1 Å². The van der Waals surface area contributed by atoms with Crippen LogP contribution in [0.3, 0.4) is 0 Å². The van der Waals surface area contributed by atoms with Crippen molar-refractivity contribution >= 4 is 11.9 Å². The second-order valence-corrected chi connectivity index (χ2v) is 6.77. The van der Waals surface area contributed by atoms with Crippen LogP contribution in [-0.2, 0) is 0 Å². The lowest BCUT2D eigenvalue weighted by Crippen LogP contribution is -2.46. The normalized spacial score (nSPS) is 18.5. The van der Waals surface area contributed by atoms with Gasteiger partial charge in [0.15, 0.2) is 0 Å². The molecule has 156 valence electrons. The molecule has 0 radical (unpaired) electrons. The van der Waals surface area contributed by atoms with Gasteiger partial charge in [-0.15, -0.1) is 0 Å². The molecule has 1 saturated heterocycles. The molecule has 0 aromatic heterocycles. The number of carboxylic acids is 1. The average Bonchev–Trinajstić information content (AvgIpc) is 2.68. The molecular formula is C19H31N5O4. The Morgan fingerprint density at radius 1 is 0.964 bits per heavy atom. The van der Waals surface area contributed by atoms with Crippen LogP contribution in [0.25, 0.3) is 0 Å². The third kappa shape index (κ3) is 7.91. The molecule has 9 heteroatoms. The summed E-state index contributed by atoms with van der Waals surface area (Å²) in [5, 5.41) is 32.2. The molecule has 1 aliphatic rings. The highest BCUT2D eigenvalue weighted by molar-refractivity contribution is 6.04. The minimum Gasteiger partial charge on any atom is -0.478 e. The average molecular weight is 393 g/mol. The largest absolute Gasteiger partial charge is 0.478 e. The quantitative estimate of drug-likeness (QED) is 0.347. The zero-order valence-corrected chi connectivity index (χ0v) is 16.1. The zero-order valence-electron chi connectivity index (χ0n) is 16.1. The maximum Gasteiger partial charge on any atom is 0.336 e. The van der Waals surface area contributed by atoms with Gasteiger partial charge in [-0.1, -0.05) is 12.1 Å². The van der Waals surface area contributed by atoms with Gasteiger partial charge >= 0.3 is 5.97 Å². The molecule has 9 nitrogen and oxygen atoms in total. The molecule has 1 unspecified atom stereocenters. The van der Waals surface area contributed by atoms with Crippen LogP contribution in [0.4, 0.5) is 0 Å². The number of hydrogen-bond donors (Lipinski definition) is 6. The maximum absolute atomic E-state index is 12.3. The van der Waals surface area contributed by atoms with E-state index in [1.165, 1.54) is 12.1 Å². The summed E-state index contributed by atoms with van der Waals surface area (Å²) in [6.07, 6.45) is -0.740. The number of rotatable bonds is 6. The number of hydrogen-bond acceptors (Lipinski definition) is 7. The van der Waals surface area contributed by atoms with Crippen LogP contribution < -0.4 is 21.3 Å². The second-order valence-electron chi connectivity index (χ2n) is 6.77. The molecule has 1 aliphatic heterocycles. The van der Waals surface area contributed by atoms with Crippen LogP contribution in [0, 0.1) is 0 Å². The molecule has 0 bridgehead atoms. The van der Waals surface area contributed by atoms with Crippen LogP contribution in [0.15, 0.2) is 24.3 Å². The van der Waals surface area contributed by atoms with Crippen LogP contribution in [0.1, 0.15) is 20.7 Å². The van der Waals surface area contributed by atoms with Gasteiger partial charge < -0.3 is 31.5 Å². The molecule has 1 atom stereocenters. The molecule has 1 heterocycles. The number of aromatic carboxylic acids is 1. The van der Waals surface area contributed by atoms with E-state index >= 15 is 0 Å². The monoisotopic (exact) mass is 393 g/mol. The number of amides is 1. The molecule has 28 heavy (non-hydrogen) atoms. The van der Waals surface area contributed by atoms with Gasteiger partial charge in [0.1, 0.15) is 0 Å². The van der Waals surface area contributed by atoms with Crippen molar-refractivity contribution in [3.63, 3.8) is 0 Å². The third-order valence-electron chi connectivity index (χ3n) is 4.54. The Labute approximate surface area is 165 Å². The molecule has 1 amide bonds. The van der Waals surface area contributed by atoms with Gasteiger partial charge in [0.05, 0.1) is 17.2 Å². The summed E-state index contributed by atoms with van der Waals surface area (Å²) >= 11 is 0. The van der Waals surface area contributed by atoms with E-state index < -0.39 is 18.0 Å². The molecule has 0 saturated carbocycles. The number of aliphatic hydroxyl groups excluding tert-OH is 1. The van der Waals surface area contributed by atoms with Gasteiger partial charge in [0.2, 0.25) is 0 Å². The lowest BCUT2D eigenvalue weighted by molar-refractivity contribution is 0.0689. The first-order valence-corrected chi connectivity index (χ1v) is 9.71. The second kappa shape index (κ2) is 12.4. The molecule has 2 rings (SSSR count). The minimum absolute atomic E-state index is 0.0517. The van der Waals surface area contributed by atoms with E-state index in [1.54, 1.807) is 12.1 Å². The Balaban J connectivity index is 1.81. The van der Waals surface area contributed by atoms with E-state index in [2.05, 4.69) is 26.2 Å². The van der Waals surface area contributed by atoms with Crippen LogP contribution in [-0.4, -0.2) is 98.5 Å². The van der Waals surface area contributed by atoms with Crippen molar-refractivity contribution in [2.24, 2.45) is 0 Å². The number of aliphatic hydroxyl groups is 1. The highest BCUT2D eigenvalue weighted by Crippen LogP contribution is 2.08. The van der Waals surface area contributed by atoms with Crippen molar-refractivity contribution in [2.45, 2.75) is 6.10 Å². The lowest BCUT2D eigenvalue weighted by atomic mass is 10.1. The summed E-state index contributed by atoms with van der Waals surface area (Å²) in [6, 6.07) is 6.04. The van der Waals surface area contributed by atoms with Crippen molar-refractivity contribution in [3.8, 4) is 0 Å². The number of nitrogens with zero attached hydrogens (tertiary/aromatic N) is 1. The highest BCUT2D eigenvalue weighted by Gasteiger charge is 2.17. The van der Waals surface area contributed by atoms with Gasteiger partial charge in [0.25, 0.3) is 5.91 Å². The Morgan fingerprint density at radius 2 is 1.50 bits per heavy atom. The molecule has 6 N–H and O–H groups in total.